The van der Waals surface area contributed by atoms with E-state index < -0.39 is 0 Å². The molecule has 13 heavy (non-hydrogen) atoms. The molecule has 1 aliphatic heterocycles. The number of ether oxygens (including phenoxy) is 2. The Labute approximate surface area is 85.5 Å². The van der Waals surface area contributed by atoms with E-state index in [0.717, 1.165) is 32.7 Å². The number of halogens is 1. The van der Waals surface area contributed by atoms with Crippen molar-refractivity contribution in [2.45, 2.75) is 32.8 Å². The number of hydrogen-bond acceptors (Lipinski definition) is 2. The summed E-state index contributed by atoms with van der Waals surface area (Å²) >= 11 is 5.94. The highest BCUT2D eigenvalue weighted by Crippen LogP contribution is 2.33. The quantitative estimate of drug-likeness (QED) is 0.644. The summed E-state index contributed by atoms with van der Waals surface area (Å²) < 4.78 is 10.9. The molecule has 0 amide bonds. The van der Waals surface area contributed by atoms with Crippen LogP contribution in [0.25, 0.3) is 0 Å². The summed E-state index contributed by atoms with van der Waals surface area (Å²) in [5.41, 5.74) is 0.191. The minimum absolute atomic E-state index is 0.191. The van der Waals surface area contributed by atoms with Crippen LogP contribution in [0.5, 0.6) is 0 Å². The molecule has 0 spiro atoms. The predicted molar refractivity (Wildman–Crippen MR) is 54.3 cm³/mol. The Morgan fingerprint density at radius 2 is 2.31 bits per heavy atom. The second-order valence-electron chi connectivity index (χ2n) is 4.11. The van der Waals surface area contributed by atoms with E-state index in [9.17, 15) is 0 Å². The van der Waals surface area contributed by atoms with Gasteiger partial charge in [0.15, 0.2) is 0 Å². The average Bonchev–Trinajstić information content (AvgIpc) is 2.53. The summed E-state index contributed by atoms with van der Waals surface area (Å²) in [6.07, 6.45) is 2.42. The number of alkyl halides is 1. The van der Waals surface area contributed by atoms with Crippen LogP contribution in [0, 0.1) is 5.41 Å². The molecule has 0 aromatic rings. The van der Waals surface area contributed by atoms with E-state index in [-0.39, 0.29) is 5.41 Å². The third-order valence-corrected chi connectivity index (χ3v) is 3.12. The molecule has 0 aliphatic carbocycles. The maximum Gasteiger partial charge on any atom is 0.0535 e. The molecule has 1 atom stereocenters. The van der Waals surface area contributed by atoms with Crippen LogP contribution in [0.15, 0.2) is 0 Å². The van der Waals surface area contributed by atoms with E-state index >= 15 is 0 Å². The Morgan fingerprint density at radius 1 is 1.54 bits per heavy atom. The fraction of sp³-hybridized carbons (Fsp3) is 1.00. The Morgan fingerprint density at radius 3 is 2.77 bits per heavy atom. The van der Waals surface area contributed by atoms with E-state index in [4.69, 9.17) is 21.1 Å². The molecule has 1 aliphatic rings. The Balaban J connectivity index is 2.23. The summed E-state index contributed by atoms with van der Waals surface area (Å²) in [4.78, 5) is 0. The molecule has 1 heterocycles. The lowest BCUT2D eigenvalue weighted by atomic mass is 9.86. The normalized spacial score (nSPS) is 28.6. The van der Waals surface area contributed by atoms with Crippen molar-refractivity contribution in [3.63, 3.8) is 0 Å². The molecule has 0 aromatic heterocycles. The first kappa shape index (κ1) is 11.3. The van der Waals surface area contributed by atoms with Crippen molar-refractivity contribution >= 4 is 11.6 Å². The molecule has 0 N–H and O–H groups in total. The smallest absolute Gasteiger partial charge is 0.0535 e. The SMILES string of the molecule is CC(C)OCCC1(CCl)CCOC1. The minimum Gasteiger partial charge on any atom is -0.381 e. The van der Waals surface area contributed by atoms with E-state index in [0.29, 0.717) is 12.0 Å². The zero-order valence-corrected chi connectivity index (χ0v) is 9.27. The topological polar surface area (TPSA) is 18.5 Å². The first-order valence-electron chi connectivity index (χ1n) is 4.94. The molecular weight excluding hydrogens is 188 g/mol. The van der Waals surface area contributed by atoms with Crippen molar-refractivity contribution < 1.29 is 9.47 Å². The first-order chi connectivity index (χ1) is 6.18. The van der Waals surface area contributed by atoms with Gasteiger partial charge in [-0.2, -0.15) is 0 Å². The van der Waals surface area contributed by atoms with E-state index in [2.05, 4.69) is 13.8 Å². The molecule has 78 valence electrons. The van der Waals surface area contributed by atoms with Gasteiger partial charge in [-0.25, -0.2) is 0 Å². The summed E-state index contributed by atoms with van der Waals surface area (Å²) in [7, 11) is 0. The molecular formula is C10H19ClO2. The van der Waals surface area contributed by atoms with E-state index in [1.165, 1.54) is 0 Å². The second-order valence-corrected chi connectivity index (χ2v) is 4.37. The van der Waals surface area contributed by atoms with Crippen molar-refractivity contribution in [3.05, 3.63) is 0 Å². The van der Waals surface area contributed by atoms with Crippen LogP contribution in [0.1, 0.15) is 26.7 Å². The zero-order chi connectivity index (χ0) is 9.73. The van der Waals surface area contributed by atoms with Crippen LogP contribution >= 0.6 is 11.6 Å². The maximum atomic E-state index is 5.94. The summed E-state index contributed by atoms with van der Waals surface area (Å²) in [5, 5.41) is 0. The van der Waals surface area contributed by atoms with Crippen molar-refractivity contribution in [1.29, 1.82) is 0 Å². The molecule has 1 saturated heterocycles. The van der Waals surface area contributed by atoms with Crippen LogP contribution in [0.3, 0.4) is 0 Å². The van der Waals surface area contributed by atoms with Crippen molar-refractivity contribution in [1.82, 2.24) is 0 Å². The fourth-order valence-corrected chi connectivity index (χ4v) is 1.87. The van der Waals surface area contributed by atoms with Gasteiger partial charge in [-0.05, 0) is 26.7 Å². The van der Waals surface area contributed by atoms with Crippen LogP contribution in [-0.2, 0) is 9.47 Å². The van der Waals surface area contributed by atoms with Gasteiger partial charge in [0.2, 0.25) is 0 Å². The van der Waals surface area contributed by atoms with Gasteiger partial charge in [0.05, 0.1) is 12.7 Å². The lowest BCUT2D eigenvalue weighted by Crippen LogP contribution is -2.25. The summed E-state index contributed by atoms with van der Waals surface area (Å²) in [5.74, 6) is 0.689. The third-order valence-electron chi connectivity index (χ3n) is 2.55. The van der Waals surface area contributed by atoms with Crippen molar-refractivity contribution in [2.75, 3.05) is 25.7 Å². The number of rotatable bonds is 5. The van der Waals surface area contributed by atoms with Gasteiger partial charge in [-0.3, -0.25) is 0 Å². The molecule has 0 bridgehead atoms. The van der Waals surface area contributed by atoms with Gasteiger partial charge in [-0.1, -0.05) is 0 Å². The highest BCUT2D eigenvalue weighted by atomic mass is 35.5. The molecule has 1 fully saturated rings. The van der Waals surface area contributed by atoms with Crippen molar-refractivity contribution in [2.24, 2.45) is 5.41 Å². The monoisotopic (exact) mass is 206 g/mol. The van der Waals surface area contributed by atoms with Gasteiger partial charge in [0.25, 0.3) is 0 Å². The third kappa shape index (κ3) is 3.45. The highest BCUT2D eigenvalue weighted by Gasteiger charge is 2.33. The lowest BCUT2D eigenvalue weighted by molar-refractivity contribution is 0.0509. The first-order valence-corrected chi connectivity index (χ1v) is 5.47. The van der Waals surface area contributed by atoms with Gasteiger partial charge >= 0.3 is 0 Å². The zero-order valence-electron chi connectivity index (χ0n) is 8.51. The largest absolute Gasteiger partial charge is 0.381 e. The molecule has 3 heteroatoms. The highest BCUT2D eigenvalue weighted by molar-refractivity contribution is 6.18. The van der Waals surface area contributed by atoms with Gasteiger partial charge in [-0.15, -0.1) is 11.6 Å². The van der Waals surface area contributed by atoms with E-state index in [1.807, 2.05) is 0 Å². The maximum absolute atomic E-state index is 5.94. The predicted octanol–water partition coefficient (Wildman–Crippen LogP) is 2.45. The average molecular weight is 207 g/mol. The summed E-state index contributed by atoms with van der Waals surface area (Å²) in [6.45, 7) is 6.57. The standard InChI is InChI=1S/C10H19ClO2/c1-9(2)13-6-4-10(7-11)3-5-12-8-10/h9H,3-8H2,1-2H3. The van der Waals surface area contributed by atoms with Crippen LogP contribution in [0.2, 0.25) is 0 Å². The fourth-order valence-electron chi connectivity index (χ4n) is 1.53. The minimum atomic E-state index is 0.191. The van der Waals surface area contributed by atoms with Crippen LogP contribution in [-0.4, -0.2) is 31.8 Å². The lowest BCUT2D eigenvalue weighted by Gasteiger charge is -2.24. The second kappa shape index (κ2) is 5.18. The van der Waals surface area contributed by atoms with Crippen molar-refractivity contribution in [3.8, 4) is 0 Å². The Kier molecular flexibility index (Phi) is 4.50. The van der Waals surface area contributed by atoms with E-state index in [1.54, 1.807) is 0 Å². The van der Waals surface area contributed by atoms with Gasteiger partial charge < -0.3 is 9.47 Å². The molecule has 1 unspecified atom stereocenters. The molecule has 0 radical (unpaired) electrons. The summed E-state index contributed by atoms with van der Waals surface area (Å²) in [6, 6.07) is 0. The van der Waals surface area contributed by atoms with Crippen LogP contribution in [0.4, 0.5) is 0 Å². The van der Waals surface area contributed by atoms with Gasteiger partial charge in [0, 0.05) is 24.5 Å². The molecule has 0 aromatic carbocycles. The molecule has 1 rings (SSSR count). The van der Waals surface area contributed by atoms with Gasteiger partial charge in [0.1, 0.15) is 0 Å². The number of hydrogen-bond donors (Lipinski definition) is 0. The molecule has 2 nitrogen and oxygen atoms in total. The molecule has 0 saturated carbocycles. The Bertz CT molecular complexity index is 142. The Hall–Kier alpha value is 0.210. The van der Waals surface area contributed by atoms with Crippen LogP contribution < -0.4 is 0 Å².